The van der Waals surface area contributed by atoms with Crippen LogP contribution in [0.4, 0.5) is 0 Å². The van der Waals surface area contributed by atoms with Gasteiger partial charge in [0.15, 0.2) is 18.9 Å². The molecule has 3 rings (SSSR count). The Bertz CT molecular complexity index is 899. The summed E-state index contributed by atoms with van der Waals surface area (Å²) < 4.78 is 43.3. The lowest BCUT2D eigenvalue weighted by atomic mass is 9.96. The SMILES string of the molecule is [N-]=[N+]=NCCOCCOCCO[C@@H]1O[C@H](CO)[C@@H](O[C@@H]2O[C@H](CO)[C@H](O[C@H]3O[C@H](CO)[C@H](O)[C@H](O)[C@H]3O)[C@H](O)[C@H]2O)[C@H](O)[C@H]1O. The van der Waals surface area contributed by atoms with Crippen LogP contribution < -0.4 is 0 Å². The van der Waals surface area contributed by atoms with Gasteiger partial charge in [0.25, 0.3) is 0 Å². The maximum atomic E-state index is 10.8. The Balaban J connectivity index is 1.53. The van der Waals surface area contributed by atoms with Gasteiger partial charge in [-0.25, -0.2) is 0 Å². The lowest BCUT2D eigenvalue weighted by molar-refractivity contribution is -0.379. The van der Waals surface area contributed by atoms with Gasteiger partial charge in [-0.3, -0.25) is 0 Å². The van der Waals surface area contributed by atoms with Crippen molar-refractivity contribution in [1.82, 2.24) is 0 Å². The number of aliphatic hydroxyl groups is 10. The first-order valence-corrected chi connectivity index (χ1v) is 14.2. The van der Waals surface area contributed by atoms with Crippen LogP contribution in [0.25, 0.3) is 10.4 Å². The van der Waals surface area contributed by atoms with E-state index < -0.39 is 112 Å². The molecule has 0 bridgehead atoms. The first-order valence-electron chi connectivity index (χ1n) is 14.2. The van der Waals surface area contributed by atoms with Gasteiger partial charge < -0.3 is 89.0 Å². The van der Waals surface area contributed by atoms with E-state index in [-0.39, 0.29) is 39.6 Å². The number of azide groups is 1. The van der Waals surface area contributed by atoms with Crippen LogP contribution in [0, 0.1) is 0 Å². The number of rotatable bonds is 17. The fourth-order valence-electron chi connectivity index (χ4n) is 4.88. The lowest BCUT2D eigenvalue weighted by Gasteiger charge is -2.48. The monoisotopic (exact) mass is 661 g/mol. The molecule has 0 aliphatic carbocycles. The molecule has 0 spiro atoms. The highest BCUT2D eigenvalue weighted by atomic mass is 16.8. The summed E-state index contributed by atoms with van der Waals surface area (Å²) in [7, 11) is 0. The van der Waals surface area contributed by atoms with Crippen molar-refractivity contribution in [3.63, 3.8) is 0 Å². The average Bonchev–Trinajstić information content (AvgIpc) is 3.04. The maximum Gasteiger partial charge on any atom is 0.187 e. The quantitative estimate of drug-likeness (QED) is 0.0300. The van der Waals surface area contributed by atoms with Crippen LogP contribution in [0.3, 0.4) is 0 Å². The van der Waals surface area contributed by atoms with E-state index in [9.17, 15) is 51.1 Å². The third-order valence-corrected chi connectivity index (χ3v) is 7.35. The van der Waals surface area contributed by atoms with Crippen molar-refractivity contribution >= 4 is 0 Å². The molecule has 15 atom stereocenters. The number of nitrogens with zero attached hydrogens (tertiary/aromatic N) is 3. The van der Waals surface area contributed by atoms with Crippen LogP contribution in [0.1, 0.15) is 0 Å². The third-order valence-electron chi connectivity index (χ3n) is 7.35. The van der Waals surface area contributed by atoms with Crippen molar-refractivity contribution in [2.24, 2.45) is 5.11 Å². The van der Waals surface area contributed by atoms with Gasteiger partial charge in [0.05, 0.1) is 52.9 Å². The minimum Gasteiger partial charge on any atom is -0.394 e. The fourth-order valence-corrected chi connectivity index (χ4v) is 4.88. The predicted molar refractivity (Wildman–Crippen MR) is 141 cm³/mol. The van der Waals surface area contributed by atoms with Gasteiger partial charge in [0, 0.05) is 11.5 Å². The van der Waals surface area contributed by atoms with Crippen LogP contribution >= 0.6 is 0 Å². The highest BCUT2D eigenvalue weighted by Gasteiger charge is 2.53. The van der Waals surface area contributed by atoms with E-state index in [1.807, 2.05) is 0 Å². The Morgan fingerprint density at radius 2 is 0.978 bits per heavy atom. The molecular weight excluding hydrogens is 618 g/mol. The molecule has 0 aromatic carbocycles. The summed E-state index contributed by atoms with van der Waals surface area (Å²) in [6, 6.07) is 0. The summed E-state index contributed by atoms with van der Waals surface area (Å²) in [6.45, 7) is -1.50. The molecule has 21 heteroatoms. The van der Waals surface area contributed by atoms with E-state index >= 15 is 0 Å². The summed E-state index contributed by atoms with van der Waals surface area (Å²) in [5.41, 5.74) is 8.19. The molecular formula is C24H43N3O18. The summed E-state index contributed by atoms with van der Waals surface area (Å²) >= 11 is 0. The molecule has 3 aliphatic heterocycles. The molecule has 0 radical (unpaired) electrons. The van der Waals surface area contributed by atoms with Crippen LogP contribution in [0.2, 0.25) is 0 Å². The first kappa shape index (κ1) is 38.0. The van der Waals surface area contributed by atoms with Crippen molar-refractivity contribution in [2.45, 2.75) is 92.1 Å². The predicted octanol–water partition coefficient (Wildman–Crippen LogP) is -6.21. The Morgan fingerprint density at radius 3 is 1.51 bits per heavy atom. The minimum absolute atomic E-state index is 0.0566. The fraction of sp³-hybridized carbons (Fsp3) is 1.00. The van der Waals surface area contributed by atoms with E-state index in [1.54, 1.807) is 0 Å². The molecule has 3 heterocycles. The molecule has 0 unspecified atom stereocenters. The normalized spacial score (nSPS) is 42.3. The second kappa shape index (κ2) is 18.8. The van der Waals surface area contributed by atoms with Crippen LogP contribution in [-0.2, 0) is 37.9 Å². The van der Waals surface area contributed by atoms with E-state index in [0.29, 0.717) is 0 Å². The van der Waals surface area contributed by atoms with E-state index in [1.165, 1.54) is 0 Å². The van der Waals surface area contributed by atoms with Crippen molar-refractivity contribution in [3.8, 4) is 0 Å². The van der Waals surface area contributed by atoms with Crippen molar-refractivity contribution < 1.29 is 89.0 Å². The van der Waals surface area contributed by atoms with Crippen LogP contribution in [0.15, 0.2) is 5.11 Å². The van der Waals surface area contributed by atoms with Gasteiger partial charge in [-0.15, -0.1) is 0 Å². The molecule has 0 amide bonds. The summed E-state index contributed by atoms with van der Waals surface area (Å²) in [4.78, 5) is 2.59. The molecule has 3 saturated heterocycles. The first-order chi connectivity index (χ1) is 21.6. The van der Waals surface area contributed by atoms with Gasteiger partial charge in [-0.1, -0.05) is 5.11 Å². The molecule has 3 fully saturated rings. The maximum absolute atomic E-state index is 10.8. The smallest absolute Gasteiger partial charge is 0.187 e. The van der Waals surface area contributed by atoms with Gasteiger partial charge in [-0.2, -0.15) is 0 Å². The van der Waals surface area contributed by atoms with Crippen LogP contribution in [0.5, 0.6) is 0 Å². The zero-order chi connectivity index (χ0) is 33.1. The molecule has 0 aromatic rings. The number of ether oxygens (including phenoxy) is 8. The standard InChI is InChI=1S/C24H43N3O18/c25-27-26-1-2-38-3-4-39-5-6-40-22-18(36)15(33)20(11(8-29)42-22)45-24-19(37)16(34)21(12(9-30)43-24)44-23-17(35)14(32)13(31)10(7-28)41-23/h10-24,28-37H,1-9H2/t10-,11-,12-,13+,14+,15-,16-,17-,18-,19-,20-,21+,22-,23-,24+/m1/s1. The summed E-state index contributed by atoms with van der Waals surface area (Å²) in [5, 5.41) is 106. The number of hydrogen-bond donors (Lipinski definition) is 10. The average molecular weight is 662 g/mol. The molecule has 0 aromatic heterocycles. The van der Waals surface area contributed by atoms with E-state index in [0.717, 1.165) is 0 Å². The second-order valence-electron chi connectivity index (χ2n) is 10.4. The number of aliphatic hydroxyl groups excluding tert-OH is 10. The van der Waals surface area contributed by atoms with Gasteiger partial charge in [0.2, 0.25) is 0 Å². The third kappa shape index (κ3) is 9.81. The Hall–Kier alpha value is -1.41. The molecule has 21 nitrogen and oxygen atoms in total. The molecule has 45 heavy (non-hydrogen) atoms. The topological polar surface area (TPSA) is 325 Å². The van der Waals surface area contributed by atoms with E-state index in [2.05, 4.69) is 10.0 Å². The molecule has 262 valence electrons. The number of hydrogen-bond acceptors (Lipinski definition) is 19. The lowest BCUT2D eigenvalue weighted by Crippen LogP contribution is -2.66. The second-order valence-corrected chi connectivity index (χ2v) is 10.4. The molecule has 10 N–H and O–H groups in total. The van der Waals surface area contributed by atoms with Crippen molar-refractivity contribution in [2.75, 3.05) is 59.4 Å². The van der Waals surface area contributed by atoms with E-state index in [4.69, 9.17) is 43.4 Å². The van der Waals surface area contributed by atoms with Crippen LogP contribution in [-0.4, -0.2) is 203 Å². The summed E-state index contributed by atoms with van der Waals surface area (Å²) in [6.07, 6.45) is -24.7. The Morgan fingerprint density at radius 1 is 0.533 bits per heavy atom. The Labute approximate surface area is 256 Å². The highest BCUT2D eigenvalue weighted by molar-refractivity contribution is 4.96. The highest BCUT2D eigenvalue weighted by Crippen LogP contribution is 2.32. The largest absolute Gasteiger partial charge is 0.394 e. The van der Waals surface area contributed by atoms with Crippen molar-refractivity contribution in [3.05, 3.63) is 10.4 Å². The molecule has 3 aliphatic rings. The van der Waals surface area contributed by atoms with Gasteiger partial charge in [-0.05, 0) is 5.53 Å². The van der Waals surface area contributed by atoms with Gasteiger partial charge in [0.1, 0.15) is 73.2 Å². The van der Waals surface area contributed by atoms with Crippen molar-refractivity contribution in [1.29, 1.82) is 0 Å². The van der Waals surface area contributed by atoms with Gasteiger partial charge >= 0.3 is 0 Å². The summed E-state index contributed by atoms with van der Waals surface area (Å²) in [5.74, 6) is 0. The zero-order valence-corrected chi connectivity index (χ0v) is 24.1. The molecule has 0 saturated carbocycles. The zero-order valence-electron chi connectivity index (χ0n) is 24.1. The Kier molecular flexibility index (Phi) is 15.9. The minimum atomic E-state index is -1.93.